The Morgan fingerprint density at radius 3 is 2.84 bits per heavy atom. The van der Waals surface area contributed by atoms with Crippen LogP contribution in [0.25, 0.3) is 0 Å². The molecule has 19 heavy (non-hydrogen) atoms. The molecule has 0 spiro atoms. The summed E-state index contributed by atoms with van der Waals surface area (Å²) in [7, 11) is 1.29. The van der Waals surface area contributed by atoms with E-state index in [4.69, 9.17) is 4.42 Å². The van der Waals surface area contributed by atoms with Gasteiger partial charge in [0.1, 0.15) is 6.26 Å². The van der Waals surface area contributed by atoms with E-state index in [1.807, 2.05) is 6.92 Å². The molecule has 1 aromatic heterocycles. The van der Waals surface area contributed by atoms with E-state index in [0.717, 1.165) is 19.3 Å². The van der Waals surface area contributed by atoms with Crippen LogP contribution in [0.4, 0.5) is 0 Å². The minimum atomic E-state index is -0.534. The van der Waals surface area contributed by atoms with Crippen LogP contribution in [0, 0.1) is 0 Å². The first-order chi connectivity index (χ1) is 9.15. The van der Waals surface area contributed by atoms with Crippen molar-refractivity contribution in [2.45, 2.75) is 45.2 Å². The van der Waals surface area contributed by atoms with E-state index in [0.29, 0.717) is 24.9 Å². The van der Waals surface area contributed by atoms with Gasteiger partial charge in [-0.2, -0.15) is 0 Å². The Balaban J connectivity index is 2.02. The van der Waals surface area contributed by atoms with E-state index in [9.17, 15) is 9.59 Å². The van der Waals surface area contributed by atoms with E-state index in [-0.39, 0.29) is 11.6 Å². The Morgan fingerprint density at radius 1 is 1.53 bits per heavy atom. The third-order valence-corrected chi connectivity index (χ3v) is 3.02. The fourth-order valence-electron chi connectivity index (χ4n) is 1.89. The van der Waals surface area contributed by atoms with Crippen LogP contribution in [0.1, 0.15) is 49.0 Å². The Hall–Kier alpha value is -1.85. The molecule has 1 aliphatic rings. The second-order valence-electron chi connectivity index (χ2n) is 4.62. The minimum absolute atomic E-state index is 0.114. The SMILES string of the molecule is CCCC(=O)N(Cc1nc(C(=O)OC)co1)C1CC1. The quantitative estimate of drug-likeness (QED) is 0.733. The van der Waals surface area contributed by atoms with E-state index >= 15 is 0 Å². The number of carbonyl (C=O) groups is 2. The lowest BCUT2D eigenvalue weighted by Crippen LogP contribution is -2.32. The summed E-state index contributed by atoms with van der Waals surface area (Å²) in [6.45, 7) is 2.30. The number of carbonyl (C=O) groups excluding carboxylic acids is 2. The number of hydrogen-bond donors (Lipinski definition) is 0. The Kier molecular flexibility index (Phi) is 4.19. The molecule has 0 bridgehead atoms. The Morgan fingerprint density at radius 2 is 2.26 bits per heavy atom. The zero-order valence-electron chi connectivity index (χ0n) is 11.2. The van der Waals surface area contributed by atoms with Crippen LogP contribution < -0.4 is 0 Å². The van der Waals surface area contributed by atoms with Crippen molar-refractivity contribution in [3.63, 3.8) is 0 Å². The maximum atomic E-state index is 12.0. The standard InChI is InChI=1S/C13H18N2O4/c1-3-4-12(16)15(9-5-6-9)7-11-14-10(8-19-11)13(17)18-2/h8-9H,3-7H2,1-2H3. The monoisotopic (exact) mass is 266 g/mol. The maximum Gasteiger partial charge on any atom is 0.360 e. The summed E-state index contributed by atoms with van der Waals surface area (Å²) in [4.78, 5) is 29.1. The van der Waals surface area contributed by atoms with E-state index in [1.54, 1.807) is 4.90 Å². The molecule has 1 amide bonds. The number of esters is 1. The maximum absolute atomic E-state index is 12.0. The number of ether oxygens (including phenoxy) is 1. The third-order valence-electron chi connectivity index (χ3n) is 3.02. The predicted octanol–water partition coefficient (Wildman–Crippen LogP) is 1.75. The van der Waals surface area contributed by atoms with Gasteiger partial charge < -0.3 is 14.1 Å². The highest BCUT2D eigenvalue weighted by Crippen LogP contribution is 2.29. The second-order valence-corrected chi connectivity index (χ2v) is 4.62. The molecule has 1 fully saturated rings. The van der Waals surface area contributed by atoms with Gasteiger partial charge in [0.15, 0.2) is 5.69 Å². The highest BCUT2D eigenvalue weighted by atomic mass is 16.5. The largest absolute Gasteiger partial charge is 0.464 e. The van der Waals surface area contributed by atoms with Crippen molar-refractivity contribution >= 4 is 11.9 Å². The summed E-state index contributed by atoms with van der Waals surface area (Å²) in [5.74, 6) is -0.0487. The number of oxazole rings is 1. The molecule has 6 heteroatoms. The van der Waals surface area contributed by atoms with E-state index < -0.39 is 5.97 Å². The summed E-state index contributed by atoms with van der Waals surface area (Å²) in [6, 6.07) is 0.299. The second kappa shape index (κ2) is 5.86. The number of nitrogens with zero attached hydrogens (tertiary/aromatic N) is 2. The van der Waals surface area contributed by atoms with Gasteiger partial charge in [-0.05, 0) is 19.3 Å². The average molecular weight is 266 g/mol. The van der Waals surface area contributed by atoms with Gasteiger partial charge in [-0.3, -0.25) is 4.79 Å². The molecule has 1 saturated carbocycles. The van der Waals surface area contributed by atoms with Crippen LogP contribution in [0.5, 0.6) is 0 Å². The smallest absolute Gasteiger partial charge is 0.360 e. The summed E-state index contributed by atoms with van der Waals surface area (Å²) in [5, 5.41) is 0. The highest BCUT2D eigenvalue weighted by Gasteiger charge is 2.33. The lowest BCUT2D eigenvalue weighted by molar-refractivity contribution is -0.132. The van der Waals surface area contributed by atoms with Gasteiger partial charge in [-0.25, -0.2) is 9.78 Å². The van der Waals surface area contributed by atoms with Crippen molar-refractivity contribution < 1.29 is 18.7 Å². The fraction of sp³-hybridized carbons (Fsp3) is 0.615. The van der Waals surface area contributed by atoms with Gasteiger partial charge in [0, 0.05) is 12.5 Å². The molecule has 0 saturated heterocycles. The van der Waals surface area contributed by atoms with Crippen molar-refractivity contribution in [2.24, 2.45) is 0 Å². The van der Waals surface area contributed by atoms with Crippen molar-refractivity contribution in [1.29, 1.82) is 0 Å². The van der Waals surface area contributed by atoms with Gasteiger partial charge in [-0.15, -0.1) is 0 Å². The number of methoxy groups -OCH3 is 1. The van der Waals surface area contributed by atoms with Crippen LogP contribution in [0.15, 0.2) is 10.7 Å². The first-order valence-corrected chi connectivity index (χ1v) is 6.48. The number of aromatic nitrogens is 1. The third kappa shape index (κ3) is 3.33. The van der Waals surface area contributed by atoms with Crippen molar-refractivity contribution in [3.05, 3.63) is 17.8 Å². The topological polar surface area (TPSA) is 72.6 Å². The average Bonchev–Trinajstić information content (AvgIpc) is 3.14. The molecule has 0 radical (unpaired) electrons. The van der Waals surface area contributed by atoms with Crippen LogP contribution in [0.3, 0.4) is 0 Å². The molecule has 1 aliphatic carbocycles. The van der Waals surface area contributed by atoms with Gasteiger partial charge in [0.2, 0.25) is 11.8 Å². The molecule has 0 N–H and O–H groups in total. The molecule has 0 aromatic carbocycles. The van der Waals surface area contributed by atoms with Gasteiger partial charge in [0.05, 0.1) is 13.7 Å². The van der Waals surface area contributed by atoms with Crippen LogP contribution in [-0.4, -0.2) is 34.9 Å². The molecule has 0 aliphatic heterocycles. The number of hydrogen-bond acceptors (Lipinski definition) is 5. The molecular weight excluding hydrogens is 248 g/mol. The summed E-state index contributed by atoms with van der Waals surface area (Å²) in [6.07, 6.45) is 4.67. The molecule has 6 nitrogen and oxygen atoms in total. The van der Waals surface area contributed by atoms with Crippen molar-refractivity contribution in [1.82, 2.24) is 9.88 Å². The number of amides is 1. The summed E-state index contributed by atoms with van der Waals surface area (Å²) < 4.78 is 9.78. The molecule has 104 valence electrons. The molecule has 0 atom stereocenters. The molecule has 2 rings (SSSR count). The van der Waals surface area contributed by atoms with Crippen molar-refractivity contribution in [2.75, 3.05) is 7.11 Å². The van der Waals surface area contributed by atoms with Crippen molar-refractivity contribution in [3.8, 4) is 0 Å². The van der Waals surface area contributed by atoms with Gasteiger partial charge >= 0.3 is 5.97 Å². The van der Waals surface area contributed by atoms with Crippen LogP contribution in [-0.2, 0) is 16.1 Å². The van der Waals surface area contributed by atoms with E-state index in [2.05, 4.69) is 9.72 Å². The summed E-state index contributed by atoms with van der Waals surface area (Å²) in [5.41, 5.74) is 0.135. The Labute approximate surface area is 111 Å². The highest BCUT2D eigenvalue weighted by molar-refractivity contribution is 5.86. The van der Waals surface area contributed by atoms with Crippen LogP contribution >= 0.6 is 0 Å². The minimum Gasteiger partial charge on any atom is -0.464 e. The lowest BCUT2D eigenvalue weighted by atomic mass is 10.3. The first kappa shape index (κ1) is 13.6. The normalized spacial score (nSPS) is 14.2. The molecule has 1 aromatic rings. The zero-order valence-corrected chi connectivity index (χ0v) is 11.2. The summed E-state index contributed by atoms with van der Waals surface area (Å²) >= 11 is 0. The lowest BCUT2D eigenvalue weighted by Gasteiger charge is -2.20. The molecule has 0 unspecified atom stereocenters. The van der Waals surface area contributed by atoms with Gasteiger partial charge in [0.25, 0.3) is 0 Å². The predicted molar refractivity (Wildman–Crippen MR) is 66.3 cm³/mol. The van der Waals surface area contributed by atoms with Gasteiger partial charge in [-0.1, -0.05) is 6.92 Å². The fourth-order valence-corrected chi connectivity index (χ4v) is 1.89. The number of rotatable bonds is 6. The van der Waals surface area contributed by atoms with Crippen LogP contribution in [0.2, 0.25) is 0 Å². The Bertz CT molecular complexity index is 465. The molecule has 1 heterocycles. The molecular formula is C13H18N2O4. The van der Waals surface area contributed by atoms with E-state index in [1.165, 1.54) is 13.4 Å². The first-order valence-electron chi connectivity index (χ1n) is 6.48. The zero-order chi connectivity index (χ0) is 13.8.